The molecule has 7 nitrogen and oxygen atoms in total. The van der Waals surface area contributed by atoms with Crippen LogP contribution >= 0.6 is 35.3 Å². The van der Waals surface area contributed by atoms with Gasteiger partial charge in [0, 0.05) is 19.0 Å². The Balaban J connectivity index is 1.49. The van der Waals surface area contributed by atoms with E-state index in [1.807, 2.05) is 6.92 Å². The van der Waals surface area contributed by atoms with E-state index in [0.717, 1.165) is 11.4 Å². The largest absolute Gasteiger partial charge is 0.465 e. The van der Waals surface area contributed by atoms with Gasteiger partial charge in [0.2, 0.25) is 11.0 Å². The number of nitrogens with zero attached hydrogens (tertiary/aromatic N) is 3. The molecule has 0 spiro atoms. The van der Waals surface area contributed by atoms with Gasteiger partial charge in [-0.15, -0.1) is 10.2 Å². The van der Waals surface area contributed by atoms with E-state index in [1.54, 1.807) is 24.5 Å². The number of hydrogen-bond acceptors (Lipinski definition) is 8. The second-order valence-electron chi connectivity index (χ2n) is 5.36. The average Bonchev–Trinajstić information content (AvgIpc) is 3.33. The van der Waals surface area contributed by atoms with Crippen molar-refractivity contribution in [3.63, 3.8) is 0 Å². The first-order valence-electron chi connectivity index (χ1n) is 7.98. The van der Waals surface area contributed by atoms with Gasteiger partial charge in [-0.05, 0) is 25.0 Å². The fraction of sp³-hybridized carbons (Fsp3) is 0.312. The number of hydrogen-bond donors (Lipinski definition) is 1. The van der Waals surface area contributed by atoms with Crippen molar-refractivity contribution in [3.05, 3.63) is 34.1 Å². The van der Waals surface area contributed by atoms with Crippen LogP contribution < -0.4 is 5.32 Å². The molecule has 0 unspecified atom stereocenters. The molecule has 0 aliphatic carbocycles. The van der Waals surface area contributed by atoms with Gasteiger partial charge >= 0.3 is 0 Å². The molecule has 0 radical (unpaired) electrons. The topological polar surface area (TPSA) is 88.3 Å². The molecule has 3 heterocycles. The molecule has 2 aromatic rings. The maximum atomic E-state index is 12.4. The third kappa shape index (κ3) is 4.57. The molecule has 0 atom stereocenters. The Hall–Kier alpha value is -2.04. The number of thioether (sulfide) groups is 1. The Bertz CT molecular complexity index is 845. The molecule has 0 aromatic carbocycles. The predicted octanol–water partition coefficient (Wildman–Crippen LogP) is 3.31. The Labute approximate surface area is 163 Å². The molecule has 0 bridgehead atoms. The molecular formula is C16H16N4O3S3. The summed E-state index contributed by atoms with van der Waals surface area (Å²) in [5.74, 6) is 0.294. The van der Waals surface area contributed by atoms with Crippen LogP contribution in [-0.4, -0.2) is 37.8 Å². The number of nitrogens with one attached hydrogen (secondary N) is 1. The summed E-state index contributed by atoms with van der Waals surface area (Å²) in [5.41, 5.74) is 0. The van der Waals surface area contributed by atoms with Crippen LogP contribution in [0.5, 0.6) is 0 Å². The van der Waals surface area contributed by atoms with Crippen LogP contribution in [-0.2, 0) is 16.0 Å². The van der Waals surface area contributed by atoms with E-state index in [4.69, 9.17) is 16.6 Å². The molecule has 3 rings (SSSR count). The van der Waals surface area contributed by atoms with Gasteiger partial charge in [0.15, 0.2) is 0 Å². The Kier molecular flexibility index (Phi) is 6.17. The first-order chi connectivity index (χ1) is 12.6. The van der Waals surface area contributed by atoms with E-state index in [2.05, 4.69) is 15.5 Å². The number of carbonyl (C=O) groups excluding carboxylic acids is 2. The summed E-state index contributed by atoms with van der Waals surface area (Å²) in [7, 11) is 0. The number of rotatable bonds is 7. The van der Waals surface area contributed by atoms with Crippen LogP contribution in [0.1, 0.15) is 30.5 Å². The molecule has 2 aromatic heterocycles. The zero-order valence-electron chi connectivity index (χ0n) is 13.9. The lowest BCUT2D eigenvalue weighted by Gasteiger charge is -2.13. The van der Waals surface area contributed by atoms with Gasteiger partial charge in [-0.3, -0.25) is 14.5 Å². The lowest BCUT2D eigenvalue weighted by molar-refractivity contribution is -0.122. The van der Waals surface area contributed by atoms with E-state index < -0.39 is 0 Å². The lowest BCUT2D eigenvalue weighted by atomic mass is 10.2. The number of carbonyl (C=O) groups is 2. The van der Waals surface area contributed by atoms with E-state index in [9.17, 15) is 9.59 Å². The minimum absolute atomic E-state index is 0.152. The Morgan fingerprint density at radius 2 is 2.31 bits per heavy atom. The van der Waals surface area contributed by atoms with Crippen LogP contribution in [0.2, 0.25) is 0 Å². The molecule has 10 heteroatoms. The molecule has 2 amide bonds. The summed E-state index contributed by atoms with van der Waals surface area (Å²) in [6.45, 7) is 2.37. The second kappa shape index (κ2) is 8.56. The predicted molar refractivity (Wildman–Crippen MR) is 106 cm³/mol. The van der Waals surface area contributed by atoms with Crippen LogP contribution in [0, 0.1) is 0 Å². The Morgan fingerprint density at radius 3 is 3.00 bits per heavy atom. The van der Waals surface area contributed by atoms with Crippen molar-refractivity contribution in [2.75, 3.05) is 11.9 Å². The highest BCUT2D eigenvalue weighted by Crippen LogP contribution is 2.32. The fourth-order valence-electron chi connectivity index (χ4n) is 2.22. The fourth-order valence-corrected chi connectivity index (χ4v) is 4.21. The van der Waals surface area contributed by atoms with Gasteiger partial charge in [-0.25, -0.2) is 0 Å². The first kappa shape index (κ1) is 18.7. The molecule has 136 valence electrons. The summed E-state index contributed by atoms with van der Waals surface area (Å²) in [6.07, 6.45) is 4.79. The minimum Gasteiger partial charge on any atom is -0.465 e. The van der Waals surface area contributed by atoms with Gasteiger partial charge in [0.05, 0.1) is 11.2 Å². The van der Waals surface area contributed by atoms with Gasteiger partial charge in [0.25, 0.3) is 5.91 Å². The SMILES string of the molecule is CCc1nnc(NC(=O)CCCN2C(=O)C(=Cc3ccco3)SC2=S)s1. The molecule has 1 saturated heterocycles. The first-order valence-corrected chi connectivity index (χ1v) is 10.0. The van der Waals surface area contributed by atoms with Crippen molar-refractivity contribution >= 4 is 62.7 Å². The second-order valence-corrected chi connectivity index (χ2v) is 8.09. The highest BCUT2D eigenvalue weighted by atomic mass is 32.2. The maximum Gasteiger partial charge on any atom is 0.266 e. The highest BCUT2D eigenvalue weighted by Gasteiger charge is 2.31. The molecule has 0 saturated carbocycles. The van der Waals surface area contributed by atoms with E-state index in [-0.39, 0.29) is 18.2 Å². The molecule has 26 heavy (non-hydrogen) atoms. The van der Waals surface area contributed by atoms with Crippen LogP contribution in [0.25, 0.3) is 6.08 Å². The van der Waals surface area contributed by atoms with E-state index in [1.165, 1.54) is 28.0 Å². The van der Waals surface area contributed by atoms with Crippen LogP contribution in [0.15, 0.2) is 27.7 Å². The summed E-state index contributed by atoms with van der Waals surface area (Å²) >= 11 is 7.87. The van der Waals surface area contributed by atoms with Crippen molar-refractivity contribution in [1.29, 1.82) is 0 Å². The van der Waals surface area contributed by atoms with Crippen molar-refractivity contribution in [2.24, 2.45) is 0 Å². The number of anilines is 1. The molecule has 1 N–H and O–H groups in total. The summed E-state index contributed by atoms with van der Waals surface area (Å²) in [5, 5.41) is 12.0. The third-order valence-electron chi connectivity index (χ3n) is 3.49. The van der Waals surface area contributed by atoms with Gasteiger partial charge in [-0.1, -0.05) is 42.2 Å². The Morgan fingerprint density at radius 1 is 1.46 bits per heavy atom. The van der Waals surface area contributed by atoms with E-state index in [0.29, 0.717) is 33.1 Å². The zero-order valence-corrected chi connectivity index (χ0v) is 16.4. The smallest absolute Gasteiger partial charge is 0.266 e. The monoisotopic (exact) mass is 408 g/mol. The molecular weight excluding hydrogens is 392 g/mol. The zero-order chi connectivity index (χ0) is 18.5. The molecule has 1 aliphatic heterocycles. The summed E-state index contributed by atoms with van der Waals surface area (Å²) < 4.78 is 5.72. The van der Waals surface area contributed by atoms with E-state index >= 15 is 0 Å². The number of furan rings is 1. The van der Waals surface area contributed by atoms with Crippen LogP contribution in [0.4, 0.5) is 5.13 Å². The normalized spacial score (nSPS) is 15.9. The van der Waals surface area contributed by atoms with Crippen molar-refractivity contribution in [3.8, 4) is 0 Å². The van der Waals surface area contributed by atoms with Gasteiger partial charge in [0.1, 0.15) is 15.1 Å². The summed E-state index contributed by atoms with van der Waals surface area (Å²) in [6, 6.07) is 3.53. The highest BCUT2D eigenvalue weighted by molar-refractivity contribution is 8.26. The standard InChI is InChI=1S/C16H16N4O3S3/c1-2-13-18-19-15(26-13)17-12(21)6-3-7-20-14(22)11(25-16(20)24)9-10-5-4-8-23-10/h4-5,8-9H,2-3,6-7H2,1H3,(H,17,19,21). The number of aryl methyl sites for hydroxylation is 1. The minimum atomic E-state index is -0.159. The number of aromatic nitrogens is 2. The van der Waals surface area contributed by atoms with Crippen molar-refractivity contribution in [2.45, 2.75) is 26.2 Å². The average molecular weight is 409 g/mol. The maximum absolute atomic E-state index is 12.4. The lowest BCUT2D eigenvalue weighted by Crippen LogP contribution is -2.29. The molecule has 1 fully saturated rings. The summed E-state index contributed by atoms with van der Waals surface area (Å²) in [4.78, 5) is 26.5. The number of thiocarbonyl (C=S) groups is 1. The number of amides is 2. The quantitative estimate of drug-likeness (QED) is 0.555. The third-order valence-corrected chi connectivity index (χ3v) is 5.85. The van der Waals surface area contributed by atoms with Gasteiger partial charge < -0.3 is 9.73 Å². The van der Waals surface area contributed by atoms with Crippen LogP contribution in [0.3, 0.4) is 0 Å². The van der Waals surface area contributed by atoms with Gasteiger partial charge in [-0.2, -0.15) is 0 Å². The van der Waals surface area contributed by atoms with Crippen molar-refractivity contribution in [1.82, 2.24) is 15.1 Å². The van der Waals surface area contributed by atoms with Crippen molar-refractivity contribution < 1.29 is 14.0 Å². The molecule has 1 aliphatic rings.